The second kappa shape index (κ2) is 8.47. The molecule has 1 saturated heterocycles. The van der Waals surface area contributed by atoms with Gasteiger partial charge in [0.1, 0.15) is 5.82 Å². The number of likely N-dealkylation sites (tertiary alicyclic amines) is 1. The van der Waals surface area contributed by atoms with Gasteiger partial charge in [-0.05, 0) is 55.3 Å². The van der Waals surface area contributed by atoms with Crippen molar-refractivity contribution in [3.05, 3.63) is 95.1 Å². The highest BCUT2D eigenvalue weighted by atomic mass is 16.2. The highest BCUT2D eigenvalue weighted by Crippen LogP contribution is 2.30. The smallest absolute Gasteiger partial charge is 0.261 e. The molecule has 3 amide bonds. The van der Waals surface area contributed by atoms with Crippen LogP contribution in [0.5, 0.6) is 0 Å². The average molecular weight is 466 g/mol. The van der Waals surface area contributed by atoms with E-state index in [2.05, 4.69) is 9.97 Å². The van der Waals surface area contributed by atoms with Crippen LogP contribution < -0.4 is 0 Å². The van der Waals surface area contributed by atoms with E-state index in [0.717, 1.165) is 29.7 Å². The van der Waals surface area contributed by atoms with E-state index in [-0.39, 0.29) is 29.8 Å². The average Bonchev–Trinajstić information content (AvgIpc) is 3.44. The number of rotatable bonds is 4. The zero-order chi connectivity index (χ0) is 23.9. The van der Waals surface area contributed by atoms with Crippen molar-refractivity contribution < 1.29 is 14.4 Å². The number of aromatic amines is 1. The Morgan fingerprint density at radius 2 is 1.71 bits per heavy atom. The molecule has 2 aromatic carbocycles. The monoisotopic (exact) mass is 465 g/mol. The van der Waals surface area contributed by atoms with Gasteiger partial charge in [0.05, 0.1) is 34.4 Å². The molecule has 35 heavy (non-hydrogen) atoms. The van der Waals surface area contributed by atoms with Crippen molar-refractivity contribution in [2.24, 2.45) is 0 Å². The number of imide groups is 1. The topological polar surface area (TPSA) is 99.3 Å². The van der Waals surface area contributed by atoms with Gasteiger partial charge >= 0.3 is 0 Å². The van der Waals surface area contributed by atoms with Gasteiger partial charge in [-0.1, -0.05) is 18.2 Å². The van der Waals surface area contributed by atoms with Gasteiger partial charge in [-0.25, -0.2) is 4.98 Å². The van der Waals surface area contributed by atoms with E-state index in [1.807, 2.05) is 35.2 Å². The molecule has 2 aliphatic rings. The second-order valence-electron chi connectivity index (χ2n) is 8.98. The number of hydrogen-bond acceptors (Lipinski definition) is 5. The third-order valence-electron chi connectivity index (χ3n) is 6.84. The number of imidazole rings is 1. The Kier molecular flexibility index (Phi) is 5.13. The Balaban J connectivity index is 1.15. The largest absolute Gasteiger partial charge is 0.342 e. The number of H-pyrrole nitrogens is 1. The molecular weight excluding hydrogens is 442 g/mol. The number of carbonyl (C=O) groups is 3. The van der Waals surface area contributed by atoms with Gasteiger partial charge in [0.2, 0.25) is 0 Å². The minimum absolute atomic E-state index is 0.103. The van der Waals surface area contributed by atoms with Crippen LogP contribution in [0.15, 0.2) is 66.9 Å². The van der Waals surface area contributed by atoms with Crippen LogP contribution >= 0.6 is 0 Å². The van der Waals surface area contributed by atoms with Crippen LogP contribution in [-0.2, 0) is 6.54 Å². The van der Waals surface area contributed by atoms with Crippen LogP contribution in [0.3, 0.4) is 0 Å². The van der Waals surface area contributed by atoms with Crippen molar-refractivity contribution in [1.29, 1.82) is 0 Å². The number of fused-ring (bicyclic) bond motifs is 2. The fourth-order valence-electron chi connectivity index (χ4n) is 4.93. The summed E-state index contributed by atoms with van der Waals surface area (Å²) in [5.41, 5.74) is 3.63. The Bertz CT molecular complexity index is 1420. The molecule has 0 saturated carbocycles. The normalized spacial score (nSPS) is 16.2. The first-order valence-corrected chi connectivity index (χ1v) is 11.7. The highest BCUT2D eigenvalue weighted by molar-refractivity contribution is 6.22. The molecule has 0 unspecified atom stereocenters. The van der Waals surface area contributed by atoms with E-state index in [4.69, 9.17) is 4.98 Å². The van der Waals surface area contributed by atoms with Gasteiger partial charge in [0.25, 0.3) is 17.7 Å². The van der Waals surface area contributed by atoms with Gasteiger partial charge in [-0.3, -0.25) is 24.3 Å². The third-order valence-corrected chi connectivity index (χ3v) is 6.84. The molecule has 4 aromatic rings. The standard InChI is InChI=1S/C27H23N5O3/c33-25(31-13-10-17(11-14-31)24-29-22-6-1-2-7-23(22)30-24)18-8-9-20-21(15-18)27(35)32(26(20)34)16-19-5-3-4-12-28-19/h1-9,12,15,17H,10-11,13-14,16H2,(H,29,30). The molecule has 6 rings (SSSR count). The fourth-order valence-corrected chi connectivity index (χ4v) is 4.93. The van der Waals surface area contributed by atoms with Crippen molar-refractivity contribution in [2.75, 3.05) is 13.1 Å². The maximum absolute atomic E-state index is 13.2. The van der Waals surface area contributed by atoms with E-state index < -0.39 is 5.91 Å². The molecule has 0 aliphatic carbocycles. The van der Waals surface area contributed by atoms with Crippen molar-refractivity contribution in [2.45, 2.75) is 25.3 Å². The molecule has 4 heterocycles. The summed E-state index contributed by atoms with van der Waals surface area (Å²) >= 11 is 0. The Morgan fingerprint density at radius 3 is 2.49 bits per heavy atom. The van der Waals surface area contributed by atoms with Gasteiger partial charge in [0, 0.05) is 30.8 Å². The summed E-state index contributed by atoms with van der Waals surface area (Å²) in [7, 11) is 0. The van der Waals surface area contributed by atoms with Gasteiger partial charge in [0.15, 0.2) is 0 Å². The lowest BCUT2D eigenvalue weighted by Gasteiger charge is -2.31. The van der Waals surface area contributed by atoms with Crippen LogP contribution in [0.1, 0.15) is 61.4 Å². The third kappa shape index (κ3) is 3.77. The molecule has 8 nitrogen and oxygen atoms in total. The summed E-state index contributed by atoms with van der Waals surface area (Å²) in [5, 5.41) is 0. The molecule has 2 aliphatic heterocycles. The number of nitrogens with one attached hydrogen (secondary N) is 1. The van der Waals surface area contributed by atoms with Crippen molar-refractivity contribution in [1.82, 2.24) is 24.8 Å². The number of amides is 3. The number of piperidine rings is 1. The minimum atomic E-state index is -0.395. The Morgan fingerprint density at radius 1 is 0.943 bits per heavy atom. The molecule has 1 N–H and O–H groups in total. The van der Waals surface area contributed by atoms with Gasteiger partial charge in [-0.15, -0.1) is 0 Å². The number of nitrogens with zero attached hydrogens (tertiary/aromatic N) is 4. The number of benzene rings is 2. The maximum atomic E-state index is 13.2. The molecule has 0 spiro atoms. The quantitative estimate of drug-likeness (QED) is 0.463. The summed E-state index contributed by atoms with van der Waals surface area (Å²) in [6.07, 6.45) is 3.25. The Labute approximate surface area is 201 Å². The molecule has 8 heteroatoms. The Hall–Kier alpha value is -4.33. The van der Waals surface area contributed by atoms with E-state index in [1.165, 1.54) is 4.90 Å². The highest BCUT2D eigenvalue weighted by Gasteiger charge is 2.37. The lowest BCUT2D eigenvalue weighted by molar-refractivity contribution is 0.0639. The minimum Gasteiger partial charge on any atom is -0.342 e. The van der Waals surface area contributed by atoms with Crippen LogP contribution in [0, 0.1) is 0 Å². The predicted octanol–water partition coefficient (Wildman–Crippen LogP) is 3.77. The summed E-state index contributed by atoms with van der Waals surface area (Å²) in [6.45, 7) is 1.32. The summed E-state index contributed by atoms with van der Waals surface area (Å²) < 4.78 is 0. The molecule has 0 atom stereocenters. The molecule has 2 aromatic heterocycles. The SMILES string of the molecule is O=C(c1ccc2c(c1)C(=O)N(Cc1ccccn1)C2=O)N1CCC(c2nc3ccccc3[nH]2)CC1. The zero-order valence-corrected chi connectivity index (χ0v) is 19.0. The summed E-state index contributed by atoms with van der Waals surface area (Å²) in [4.78, 5) is 54.3. The van der Waals surface area contributed by atoms with Crippen LogP contribution in [0.2, 0.25) is 0 Å². The number of hydrogen-bond donors (Lipinski definition) is 1. The van der Waals surface area contributed by atoms with Gasteiger partial charge in [-0.2, -0.15) is 0 Å². The van der Waals surface area contributed by atoms with E-state index >= 15 is 0 Å². The number of para-hydroxylation sites is 2. The number of aromatic nitrogens is 3. The molecule has 0 bridgehead atoms. The first-order chi connectivity index (χ1) is 17.1. The lowest BCUT2D eigenvalue weighted by atomic mass is 9.95. The second-order valence-corrected chi connectivity index (χ2v) is 8.98. The van der Waals surface area contributed by atoms with E-state index in [0.29, 0.717) is 29.9 Å². The number of pyridine rings is 1. The summed E-state index contributed by atoms with van der Waals surface area (Å²) in [6, 6.07) is 18.1. The van der Waals surface area contributed by atoms with E-state index in [9.17, 15) is 14.4 Å². The zero-order valence-electron chi connectivity index (χ0n) is 19.0. The van der Waals surface area contributed by atoms with Crippen LogP contribution in [0.25, 0.3) is 11.0 Å². The maximum Gasteiger partial charge on any atom is 0.261 e. The lowest BCUT2D eigenvalue weighted by Crippen LogP contribution is -2.38. The first kappa shape index (κ1) is 21.2. The first-order valence-electron chi connectivity index (χ1n) is 11.7. The molecule has 0 radical (unpaired) electrons. The van der Waals surface area contributed by atoms with Crippen molar-refractivity contribution in [3.8, 4) is 0 Å². The van der Waals surface area contributed by atoms with Crippen molar-refractivity contribution >= 4 is 28.8 Å². The van der Waals surface area contributed by atoms with Crippen molar-refractivity contribution in [3.63, 3.8) is 0 Å². The fraction of sp³-hybridized carbons (Fsp3) is 0.222. The van der Waals surface area contributed by atoms with Gasteiger partial charge < -0.3 is 9.88 Å². The van der Waals surface area contributed by atoms with E-state index in [1.54, 1.807) is 36.5 Å². The number of carbonyl (C=O) groups excluding carboxylic acids is 3. The van der Waals surface area contributed by atoms with Crippen LogP contribution in [-0.4, -0.2) is 55.6 Å². The molecule has 1 fully saturated rings. The molecule has 174 valence electrons. The molecular formula is C27H23N5O3. The summed E-state index contributed by atoms with van der Waals surface area (Å²) in [5.74, 6) is 0.355. The van der Waals surface area contributed by atoms with Crippen LogP contribution in [0.4, 0.5) is 0 Å². The predicted molar refractivity (Wildman–Crippen MR) is 129 cm³/mol.